The first-order valence-corrected chi connectivity index (χ1v) is 6.80. The topological polar surface area (TPSA) is 35.2 Å². The van der Waals surface area contributed by atoms with Crippen molar-refractivity contribution in [3.8, 4) is 5.75 Å². The summed E-state index contributed by atoms with van der Waals surface area (Å²) < 4.78 is 18.9. The van der Waals surface area contributed by atoms with Gasteiger partial charge in [-0.3, -0.25) is 0 Å². The van der Waals surface area contributed by atoms with Gasteiger partial charge in [0.15, 0.2) is 0 Å². The van der Waals surface area contributed by atoms with Crippen LogP contribution in [-0.4, -0.2) is 0 Å². The van der Waals surface area contributed by atoms with Gasteiger partial charge in [-0.15, -0.1) is 0 Å². The minimum Gasteiger partial charge on any atom is -0.489 e. The fourth-order valence-corrected chi connectivity index (χ4v) is 2.04. The molecule has 2 nitrogen and oxygen atoms in total. The number of hydrogen-bond acceptors (Lipinski definition) is 2. The van der Waals surface area contributed by atoms with Gasteiger partial charge in [-0.25, -0.2) is 4.39 Å². The molecule has 2 rings (SSSR count). The van der Waals surface area contributed by atoms with E-state index < -0.39 is 0 Å². The first-order chi connectivity index (χ1) is 9.60. The molecule has 0 aliphatic rings. The van der Waals surface area contributed by atoms with E-state index in [1.165, 1.54) is 17.7 Å². The molecule has 0 unspecified atom stereocenters. The summed E-state index contributed by atoms with van der Waals surface area (Å²) in [5.41, 5.74) is 8.60. The number of ether oxygens (including phenoxy) is 1. The van der Waals surface area contributed by atoms with E-state index in [9.17, 15) is 4.39 Å². The summed E-state index contributed by atoms with van der Waals surface area (Å²) in [5.74, 6) is 1.04. The van der Waals surface area contributed by atoms with E-state index in [-0.39, 0.29) is 5.82 Å². The van der Waals surface area contributed by atoms with Crippen LogP contribution in [0, 0.1) is 5.82 Å². The zero-order valence-electron chi connectivity index (χ0n) is 11.9. The van der Waals surface area contributed by atoms with Crippen molar-refractivity contribution in [1.82, 2.24) is 0 Å². The van der Waals surface area contributed by atoms with E-state index in [0.717, 1.165) is 16.9 Å². The first-order valence-electron chi connectivity index (χ1n) is 6.80. The monoisotopic (exact) mass is 273 g/mol. The van der Waals surface area contributed by atoms with Gasteiger partial charge in [0.2, 0.25) is 0 Å². The Morgan fingerprint density at radius 3 is 2.35 bits per heavy atom. The molecule has 106 valence electrons. The molecule has 0 radical (unpaired) electrons. The molecule has 20 heavy (non-hydrogen) atoms. The highest BCUT2D eigenvalue weighted by molar-refractivity contribution is 5.31. The van der Waals surface area contributed by atoms with Crippen LogP contribution in [0.3, 0.4) is 0 Å². The number of nitrogens with two attached hydrogens (primary N) is 1. The molecule has 0 saturated carbocycles. The molecule has 2 aromatic carbocycles. The van der Waals surface area contributed by atoms with E-state index in [1.807, 2.05) is 12.1 Å². The summed E-state index contributed by atoms with van der Waals surface area (Å²) in [5, 5.41) is 0. The lowest BCUT2D eigenvalue weighted by atomic mass is 10.0. The average molecular weight is 273 g/mol. The molecule has 2 aromatic rings. The molecule has 0 aliphatic carbocycles. The zero-order valence-corrected chi connectivity index (χ0v) is 11.9. The molecule has 0 atom stereocenters. The normalized spacial score (nSPS) is 10.8. The van der Waals surface area contributed by atoms with Gasteiger partial charge >= 0.3 is 0 Å². The largest absolute Gasteiger partial charge is 0.489 e. The summed E-state index contributed by atoms with van der Waals surface area (Å²) in [6.07, 6.45) is 0. The van der Waals surface area contributed by atoms with Crippen molar-refractivity contribution in [2.75, 3.05) is 0 Å². The molecule has 0 bridgehead atoms. The Bertz CT molecular complexity index is 564. The van der Waals surface area contributed by atoms with E-state index in [1.54, 1.807) is 6.07 Å². The molecule has 2 N–H and O–H groups in total. The van der Waals surface area contributed by atoms with Gasteiger partial charge in [-0.05, 0) is 46.9 Å². The minimum absolute atomic E-state index is 0.268. The van der Waals surface area contributed by atoms with Crippen LogP contribution in [0.5, 0.6) is 5.75 Å². The van der Waals surface area contributed by atoms with Gasteiger partial charge in [0.1, 0.15) is 18.2 Å². The fraction of sp³-hybridized carbons (Fsp3) is 0.294. The van der Waals surface area contributed by atoms with E-state index in [2.05, 4.69) is 26.0 Å². The Morgan fingerprint density at radius 1 is 1.05 bits per heavy atom. The highest BCUT2D eigenvalue weighted by Crippen LogP contribution is 2.20. The van der Waals surface area contributed by atoms with E-state index >= 15 is 0 Å². The molecule has 0 aromatic heterocycles. The van der Waals surface area contributed by atoms with Gasteiger partial charge in [0.25, 0.3) is 0 Å². The second-order valence-corrected chi connectivity index (χ2v) is 5.13. The van der Waals surface area contributed by atoms with Gasteiger partial charge in [0, 0.05) is 6.54 Å². The highest BCUT2D eigenvalue weighted by atomic mass is 19.1. The van der Waals surface area contributed by atoms with Crippen LogP contribution in [0.2, 0.25) is 0 Å². The molecule has 0 aliphatic heterocycles. The van der Waals surface area contributed by atoms with Crippen molar-refractivity contribution in [1.29, 1.82) is 0 Å². The standard InChI is InChI=1S/C17H20FNO/c1-12(2)13-4-7-17(8-5-13)20-11-14-3-6-16(18)9-15(14)10-19/h3-9,12H,10-11,19H2,1-2H3. The third-order valence-electron chi connectivity index (χ3n) is 3.33. The van der Waals surface area contributed by atoms with Gasteiger partial charge in [-0.1, -0.05) is 32.0 Å². The highest BCUT2D eigenvalue weighted by Gasteiger charge is 2.04. The van der Waals surface area contributed by atoms with Gasteiger partial charge < -0.3 is 10.5 Å². The van der Waals surface area contributed by atoms with Crippen molar-refractivity contribution < 1.29 is 9.13 Å². The molecule has 0 amide bonds. The van der Waals surface area contributed by atoms with Crippen LogP contribution >= 0.6 is 0 Å². The number of rotatable bonds is 5. The van der Waals surface area contributed by atoms with E-state index in [0.29, 0.717) is 19.1 Å². The van der Waals surface area contributed by atoms with Gasteiger partial charge in [-0.2, -0.15) is 0 Å². The molecule has 3 heteroatoms. The van der Waals surface area contributed by atoms with Crippen molar-refractivity contribution in [2.24, 2.45) is 5.73 Å². The summed E-state index contributed by atoms with van der Waals surface area (Å²) in [6, 6.07) is 12.7. The van der Waals surface area contributed by atoms with Crippen LogP contribution in [0.1, 0.15) is 36.5 Å². The van der Waals surface area contributed by atoms with Crippen LogP contribution in [0.4, 0.5) is 4.39 Å². The number of halogens is 1. The lowest BCUT2D eigenvalue weighted by Crippen LogP contribution is -2.05. The predicted octanol–water partition coefficient (Wildman–Crippen LogP) is 3.99. The maximum absolute atomic E-state index is 13.1. The van der Waals surface area contributed by atoms with Crippen LogP contribution in [-0.2, 0) is 13.2 Å². The first kappa shape index (κ1) is 14.5. The Kier molecular flexibility index (Phi) is 4.74. The lowest BCUT2D eigenvalue weighted by Gasteiger charge is -2.11. The SMILES string of the molecule is CC(C)c1ccc(OCc2ccc(F)cc2CN)cc1. The van der Waals surface area contributed by atoms with Crippen LogP contribution in [0.15, 0.2) is 42.5 Å². The van der Waals surface area contributed by atoms with Crippen molar-refractivity contribution in [3.63, 3.8) is 0 Å². The number of hydrogen-bond donors (Lipinski definition) is 1. The summed E-state index contributed by atoms with van der Waals surface area (Å²) in [4.78, 5) is 0. The maximum atomic E-state index is 13.1. The Balaban J connectivity index is 2.05. The van der Waals surface area contributed by atoms with Gasteiger partial charge in [0.05, 0.1) is 0 Å². The molecular weight excluding hydrogens is 253 g/mol. The molecule has 0 spiro atoms. The second kappa shape index (κ2) is 6.53. The van der Waals surface area contributed by atoms with Crippen molar-refractivity contribution in [2.45, 2.75) is 32.9 Å². The summed E-state index contributed by atoms with van der Waals surface area (Å²) >= 11 is 0. The molecule has 0 saturated heterocycles. The average Bonchev–Trinajstić information content (AvgIpc) is 2.46. The quantitative estimate of drug-likeness (QED) is 0.894. The smallest absolute Gasteiger partial charge is 0.123 e. The summed E-state index contributed by atoms with van der Waals surface area (Å²) in [6.45, 7) is 5.01. The Labute approximate surface area is 119 Å². The fourth-order valence-electron chi connectivity index (χ4n) is 2.04. The van der Waals surface area contributed by atoms with Crippen molar-refractivity contribution >= 4 is 0 Å². The predicted molar refractivity (Wildman–Crippen MR) is 79.2 cm³/mol. The zero-order chi connectivity index (χ0) is 14.5. The minimum atomic E-state index is -0.268. The van der Waals surface area contributed by atoms with Crippen LogP contribution < -0.4 is 10.5 Å². The van der Waals surface area contributed by atoms with E-state index in [4.69, 9.17) is 10.5 Å². The Morgan fingerprint density at radius 2 is 1.75 bits per heavy atom. The molecular formula is C17H20FNO. The Hall–Kier alpha value is -1.87. The number of benzene rings is 2. The summed E-state index contributed by atoms with van der Waals surface area (Å²) in [7, 11) is 0. The van der Waals surface area contributed by atoms with Crippen molar-refractivity contribution in [3.05, 3.63) is 65.0 Å². The maximum Gasteiger partial charge on any atom is 0.123 e. The van der Waals surface area contributed by atoms with Crippen LogP contribution in [0.25, 0.3) is 0 Å². The second-order valence-electron chi connectivity index (χ2n) is 5.13. The lowest BCUT2D eigenvalue weighted by molar-refractivity contribution is 0.304. The third-order valence-corrected chi connectivity index (χ3v) is 3.33. The molecule has 0 heterocycles. The third kappa shape index (κ3) is 3.58. The molecule has 0 fully saturated rings.